The molecule has 0 radical (unpaired) electrons. The van der Waals surface area contributed by atoms with Gasteiger partial charge in [0, 0.05) is 37.8 Å². The van der Waals surface area contributed by atoms with Crippen LogP contribution in [0.5, 0.6) is 5.88 Å². The van der Waals surface area contributed by atoms with Crippen LogP contribution >= 0.6 is 0 Å². The molecule has 1 fully saturated rings. The van der Waals surface area contributed by atoms with Crippen molar-refractivity contribution in [3.63, 3.8) is 0 Å². The van der Waals surface area contributed by atoms with Gasteiger partial charge >= 0.3 is 0 Å². The minimum Gasteiger partial charge on any atom is -0.494 e. The van der Waals surface area contributed by atoms with Crippen LogP contribution in [0, 0.1) is 0 Å². The molecule has 3 N–H and O–H groups in total. The lowest BCUT2D eigenvalue weighted by molar-refractivity contribution is 0.0708. The molecule has 92 valence electrons. The Hall–Kier alpha value is -1.82. The normalized spacial score (nSPS) is 20.3. The largest absolute Gasteiger partial charge is 0.494 e. The number of aromatic nitrogens is 1. The zero-order chi connectivity index (χ0) is 12.4. The molecule has 2 heterocycles. The summed E-state index contributed by atoms with van der Waals surface area (Å²) in [6, 6.07) is 2.72. The predicted octanol–water partition coefficient (Wildman–Crippen LogP) is -0.486. The van der Waals surface area contributed by atoms with Gasteiger partial charge in [-0.1, -0.05) is 0 Å². The van der Waals surface area contributed by atoms with E-state index in [2.05, 4.69) is 10.3 Å². The third-order valence-corrected chi connectivity index (χ3v) is 2.73. The van der Waals surface area contributed by atoms with Crippen molar-refractivity contribution in [1.29, 1.82) is 0 Å². The summed E-state index contributed by atoms with van der Waals surface area (Å²) in [6.07, 6.45) is 0. The predicted molar refractivity (Wildman–Crippen MR) is 62.1 cm³/mol. The molecule has 6 heteroatoms. The Kier molecular flexibility index (Phi) is 3.14. The van der Waals surface area contributed by atoms with Crippen LogP contribution in [-0.2, 0) is 0 Å². The third-order valence-electron chi connectivity index (χ3n) is 2.73. The number of carbonyl (C=O) groups excluding carboxylic acids is 1. The molecule has 1 aliphatic heterocycles. The molecule has 6 nitrogen and oxygen atoms in total. The van der Waals surface area contributed by atoms with Crippen molar-refractivity contribution in [1.82, 2.24) is 15.2 Å². The van der Waals surface area contributed by atoms with Gasteiger partial charge in [0.25, 0.3) is 11.5 Å². The second-order valence-electron chi connectivity index (χ2n) is 4.22. The van der Waals surface area contributed by atoms with E-state index in [1.807, 2.05) is 6.92 Å². The van der Waals surface area contributed by atoms with Crippen LogP contribution in [-0.4, -0.2) is 46.6 Å². The topological polar surface area (TPSA) is 85.4 Å². The van der Waals surface area contributed by atoms with Gasteiger partial charge in [-0.05, 0) is 6.92 Å². The second-order valence-corrected chi connectivity index (χ2v) is 4.22. The first kappa shape index (κ1) is 11.7. The van der Waals surface area contributed by atoms with E-state index in [1.54, 1.807) is 4.90 Å². The number of nitrogens with zero attached hydrogens (tertiary/aromatic N) is 1. The minimum absolute atomic E-state index is 0.222. The van der Waals surface area contributed by atoms with Crippen molar-refractivity contribution in [2.24, 2.45) is 0 Å². The van der Waals surface area contributed by atoms with Gasteiger partial charge in [0.2, 0.25) is 0 Å². The van der Waals surface area contributed by atoms with Gasteiger partial charge < -0.3 is 15.3 Å². The first-order valence-corrected chi connectivity index (χ1v) is 5.52. The number of aromatic amines is 1. The summed E-state index contributed by atoms with van der Waals surface area (Å²) in [4.78, 5) is 27.1. The minimum atomic E-state index is -0.475. The summed E-state index contributed by atoms with van der Waals surface area (Å²) in [5.41, 5.74) is -0.253. The van der Waals surface area contributed by atoms with Gasteiger partial charge in [-0.15, -0.1) is 0 Å². The van der Waals surface area contributed by atoms with Crippen LogP contribution in [0.15, 0.2) is 16.9 Å². The summed E-state index contributed by atoms with van der Waals surface area (Å²) < 4.78 is 0. The first-order valence-electron chi connectivity index (χ1n) is 5.52. The molecule has 1 amide bonds. The molecule has 0 aliphatic carbocycles. The molecule has 0 saturated carbocycles. The number of nitrogens with one attached hydrogen (secondary N) is 2. The fourth-order valence-electron chi connectivity index (χ4n) is 1.95. The van der Waals surface area contributed by atoms with Gasteiger partial charge in [-0.2, -0.15) is 0 Å². The van der Waals surface area contributed by atoms with E-state index in [-0.39, 0.29) is 23.4 Å². The van der Waals surface area contributed by atoms with Gasteiger partial charge in [0.1, 0.15) is 0 Å². The number of H-pyrrole nitrogens is 1. The van der Waals surface area contributed by atoms with Crippen molar-refractivity contribution in [3.8, 4) is 5.88 Å². The third kappa shape index (κ3) is 2.65. The maximum atomic E-state index is 12.1. The molecule has 2 rings (SSSR count). The molecule has 0 unspecified atom stereocenters. The van der Waals surface area contributed by atoms with E-state index >= 15 is 0 Å². The van der Waals surface area contributed by atoms with Gasteiger partial charge in [0.05, 0.1) is 5.56 Å². The van der Waals surface area contributed by atoms with E-state index < -0.39 is 5.56 Å². The van der Waals surface area contributed by atoms with E-state index in [9.17, 15) is 14.7 Å². The zero-order valence-corrected chi connectivity index (χ0v) is 9.56. The zero-order valence-electron chi connectivity index (χ0n) is 9.56. The summed E-state index contributed by atoms with van der Waals surface area (Å²) in [5.74, 6) is -0.510. The molecule has 1 saturated heterocycles. The number of piperazine rings is 1. The number of pyridine rings is 1. The second kappa shape index (κ2) is 4.58. The summed E-state index contributed by atoms with van der Waals surface area (Å²) >= 11 is 0. The molecular weight excluding hydrogens is 222 g/mol. The fraction of sp³-hybridized carbons (Fsp3) is 0.455. The highest BCUT2D eigenvalue weighted by atomic mass is 16.3. The Morgan fingerprint density at radius 3 is 2.94 bits per heavy atom. The summed E-state index contributed by atoms with van der Waals surface area (Å²) in [5, 5.41) is 12.5. The molecule has 1 aliphatic rings. The van der Waals surface area contributed by atoms with Gasteiger partial charge in [-0.25, -0.2) is 0 Å². The molecule has 1 aromatic heterocycles. The van der Waals surface area contributed by atoms with E-state index in [1.165, 1.54) is 12.1 Å². The lowest BCUT2D eigenvalue weighted by atomic mass is 10.2. The highest BCUT2D eigenvalue weighted by Gasteiger charge is 2.22. The Bertz CT molecular complexity index is 483. The summed E-state index contributed by atoms with van der Waals surface area (Å²) in [6.45, 7) is 3.94. The Morgan fingerprint density at radius 1 is 1.53 bits per heavy atom. The highest BCUT2D eigenvalue weighted by molar-refractivity contribution is 5.94. The monoisotopic (exact) mass is 237 g/mol. The Labute approximate surface area is 98.3 Å². The van der Waals surface area contributed by atoms with Crippen molar-refractivity contribution in [2.75, 3.05) is 19.6 Å². The van der Waals surface area contributed by atoms with Crippen LogP contribution in [0.25, 0.3) is 0 Å². The highest BCUT2D eigenvalue weighted by Crippen LogP contribution is 2.09. The van der Waals surface area contributed by atoms with Crippen molar-refractivity contribution in [2.45, 2.75) is 13.0 Å². The van der Waals surface area contributed by atoms with Crippen LogP contribution in [0.3, 0.4) is 0 Å². The van der Waals surface area contributed by atoms with Gasteiger partial charge in [-0.3, -0.25) is 14.6 Å². The number of amides is 1. The quantitative estimate of drug-likeness (QED) is 0.615. The van der Waals surface area contributed by atoms with Crippen molar-refractivity contribution < 1.29 is 9.90 Å². The molecular formula is C11H15N3O3. The average Bonchev–Trinajstić information content (AvgIpc) is 2.26. The average molecular weight is 237 g/mol. The maximum absolute atomic E-state index is 12.1. The number of carbonyl (C=O) groups is 1. The lowest BCUT2D eigenvalue weighted by Crippen LogP contribution is -2.51. The molecule has 0 spiro atoms. The Balaban J connectivity index is 2.21. The van der Waals surface area contributed by atoms with Crippen LogP contribution in [0.2, 0.25) is 0 Å². The SMILES string of the molecule is C[C@@H]1CN(C(=O)c2cc(O)[nH]c(=O)c2)CCN1. The van der Waals surface area contributed by atoms with Crippen LogP contribution < -0.4 is 10.9 Å². The molecule has 1 atom stereocenters. The lowest BCUT2D eigenvalue weighted by Gasteiger charge is -2.31. The molecule has 17 heavy (non-hydrogen) atoms. The van der Waals surface area contributed by atoms with E-state index in [0.29, 0.717) is 13.1 Å². The number of hydrogen-bond donors (Lipinski definition) is 3. The van der Waals surface area contributed by atoms with E-state index in [4.69, 9.17) is 0 Å². The smallest absolute Gasteiger partial charge is 0.254 e. The standard InChI is InChI=1S/C11H15N3O3/c1-7-6-14(3-2-12-7)11(17)8-4-9(15)13-10(16)5-8/h4-5,7,12H,2-3,6H2,1H3,(H2,13,15,16)/t7-/m1/s1. The van der Waals surface area contributed by atoms with Crippen molar-refractivity contribution >= 4 is 5.91 Å². The maximum Gasteiger partial charge on any atom is 0.254 e. The number of hydrogen-bond acceptors (Lipinski definition) is 4. The Morgan fingerprint density at radius 2 is 2.29 bits per heavy atom. The number of aromatic hydroxyl groups is 1. The number of rotatable bonds is 1. The molecule has 1 aromatic rings. The first-order chi connectivity index (χ1) is 8.06. The summed E-state index contributed by atoms with van der Waals surface area (Å²) in [7, 11) is 0. The van der Waals surface area contributed by atoms with Gasteiger partial charge in [0.15, 0.2) is 5.88 Å². The van der Waals surface area contributed by atoms with Crippen LogP contribution in [0.1, 0.15) is 17.3 Å². The fourth-order valence-corrected chi connectivity index (χ4v) is 1.95. The van der Waals surface area contributed by atoms with Crippen molar-refractivity contribution in [3.05, 3.63) is 28.0 Å². The molecule has 0 bridgehead atoms. The van der Waals surface area contributed by atoms with E-state index in [0.717, 1.165) is 6.54 Å². The van der Waals surface area contributed by atoms with Crippen LogP contribution in [0.4, 0.5) is 0 Å². The molecule has 0 aromatic carbocycles.